The number of imide groups is 1. The van der Waals surface area contributed by atoms with Gasteiger partial charge in [0, 0.05) is 6.54 Å². The largest absolute Gasteiger partial charge is 0.493 e. The summed E-state index contributed by atoms with van der Waals surface area (Å²) in [6, 6.07) is 7.56. The Morgan fingerprint density at radius 1 is 1.04 bits per heavy atom. The molecule has 2 aromatic rings. The van der Waals surface area contributed by atoms with E-state index in [-0.39, 0.29) is 34.1 Å². The number of nitrogens with one attached hydrogen (secondary N) is 2. The van der Waals surface area contributed by atoms with E-state index in [9.17, 15) is 26.8 Å². The van der Waals surface area contributed by atoms with E-state index in [1.165, 1.54) is 37.4 Å². The average Bonchev–Trinajstić information content (AvgIpc) is 2.94. The fourth-order valence-electron chi connectivity index (χ4n) is 2.59. The van der Waals surface area contributed by atoms with Crippen LogP contribution in [0, 0.1) is 0 Å². The van der Waals surface area contributed by atoms with Gasteiger partial charge >= 0.3 is 6.61 Å². The number of alkyl halides is 2. The number of benzene rings is 2. The number of hydrogen-bond acceptors (Lipinski definition) is 6. The molecule has 11 heteroatoms. The van der Waals surface area contributed by atoms with Crippen LogP contribution >= 0.6 is 0 Å². The fourth-order valence-corrected chi connectivity index (χ4v) is 3.63. The molecule has 148 valence electrons. The van der Waals surface area contributed by atoms with E-state index in [1.807, 2.05) is 0 Å². The van der Waals surface area contributed by atoms with Gasteiger partial charge in [-0.1, -0.05) is 6.07 Å². The highest BCUT2D eigenvalue weighted by Crippen LogP contribution is 2.29. The zero-order valence-corrected chi connectivity index (χ0v) is 15.2. The summed E-state index contributed by atoms with van der Waals surface area (Å²) in [6.45, 7) is -3.20. The molecule has 3 rings (SSSR count). The molecule has 0 aromatic heterocycles. The number of hydrogen-bond donors (Lipinski definition) is 2. The molecule has 0 fully saturated rings. The van der Waals surface area contributed by atoms with Crippen molar-refractivity contribution in [1.82, 2.24) is 10.0 Å². The highest BCUT2D eigenvalue weighted by Gasteiger charge is 2.28. The van der Waals surface area contributed by atoms with Crippen LogP contribution in [0.4, 0.5) is 8.78 Å². The second-order valence-corrected chi connectivity index (χ2v) is 7.45. The van der Waals surface area contributed by atoms with Crippen LogP contribution < -0.4 is 19.5 Å². The predicted molar refractivity (Wildman–Crippen MR) is 91.9 cm³/mol. The summed E-state index contributed by atoms with van der Waals surface area (Å²) >= 11 is 0. The monoisotopic (exact) mass is 412 g/mol. The molecule has 1 aliphatic rings. The molecule has 0 unspecified atom stereocenters. The lowest BCUT2D eigenvalue weighted by molar-refractivity contribution is -0.0512. The quantitative estimate of drug-likeness (QED) is 0.670. The normalized spacial score (nSPS) is 13.4. The first kappa shape index (κ1) is 19.7. The van der Waals surface area contributed by atoms with Gasteiger partial charge in [0.25, 0.3) is 11.8 Å². The van der Waals surface area contributed by atoms with Crippen molar-refractivity contribution in [1.29, 1.82) is 0 Å². The highest BCUT2D eigenvalue weighted by molar-refractivity contribution is 7.89. The molecule has 0 radical (unpaired) electrons. The van der Waals surface area contributed by atoms with Gasteiger partial charge < -0.3 is 9.47 Å². The summed E-state index contributed by atoms with van der Waals surface area (Å²) < 4.78 is 61.3. The Labute approximate surface area is 158 Å². The lowest BCUT2D eigenvalue weighted by atomic mass is 10.1. The van der Waals surface area contributed by atoms with Crippen LogP contribution in [0.25, 0.3) is 0 Å². The van der Waals surface area contributed by atoms with Crippen LogP contribution in [0.5, 0.6) is 11.5 Å². The van der Waals surface area contributed by atoms with Gasteiger partial charge in [-0.25, -0.2) is 13.1 Å². The Morgan fingerprint density at radius 3 is 2.43 bits per heavy atom. The summed E-state index contributed by atoms with van der Waals surface area (Å²) in [6.07, 6.45) is 0. The third kappa shape index (κ3) is 3.94. The summed E-state index contributed by atoms with van der Waals surface area (Å²) in [4.78, 5) is 23.0. The number of carbonyl (C=O) groups excluding carboxylic acids is 2. The second kappa shape index (κ2) is 7.52. The maximum atomic E-state index is 12.5. The molecular formula is C17H14F2N2O6S. The Morgan fingerprint density at radius 2 is 1.75 bits per heavy atom. The molecule has 8 nitrogen and oxygen atoms in total. The number of carbonyl (C=O) groups is 2. The van der Waals surface area contributed by atoms with E-state index in [0.29, 0.717) is 5.56 Å². The highest BCUT2D eigenvalue weighted by atomic mass is 32.2. The van der Waals surface area contributed by atoms with Gasteiger partial charge in [-0.2, -0.15) is 8.78 Å². The van der Waals surface area contributed by atoms with Crippen molar-refractivity contribution in [3.05, 3.63) is 53.1 Å². The molecule has 2 amide bonds. The zero-order chi connectivity index (χ0) is 20.5. The first-order valence-electron chi connectivity index (χ1n) is 7.82. The summed E-state index contributed by atoms with van der Waals surface area (Å²) in [7, 11) is -2.74. The average molecular weight is 412 g/mol. The smallest absolute Gasteiger partial charge is 0.387 e. The van der Waals surface area contributed by atoms with Gasteiger partial charge in [0.2, 0.25) is 10.0 Å². The molecule has 1 aliphatic heterocycles. The third-order valence-corrected chi connectivity index (χ3v) is 5.33. The molecular weight excluding hydrogens is 398 g/mol. The van der Waals surface area contributed by atoms with Crippen LogP contribution in [0.15, 0.2) is 41.3 Å². The fraction of sp³-hybridized carbons (Fsp3) is 0.176. The number of ether oxygens (including phenoxy) is 2. The van der Waals surface area contributed by atoms with E-state index in [0.717, 1.165) is 6.07 Å². The van der Waals surface area contributed by atoms with Gasteiger partial charge in [0.1, 0.15) is 0 Å². The minimum Gasteiger partial charge on any atom is -0.493 e. The zero-order valence-electron chi connectivity index (χ0n) is 14.4. The van der Waals surface area contributed by atoms with Crippen LogP contribution in [-0.4, -0.2) is 34.0 Å². The standard InChI is InChI=1S/C17H14F2N2O6S/c1-26-14-6-9(2-5-13(14)27-17(18)19)8-20-28(24,25)10-3-4-11-12(7-10)16(23)21-15(11)22/h2-7,17,20H,8H2,1H3,(H,21,22,23). The Bertz CT molecular complexity index is 1060. The molecule has 1 heterocycles. The van der Waals surface area contributed by atoms with E-state index in [2.05, 4.69) is 14.8 Å². The first-order chi connectivity index (χ1) is 13.2. The van der Waals surface area contributed by atoms with Crippen molar-refractivity contribution in [2.24, 2.45) is 0 Å². The third-order valence-electron chi connectivity index (χ3n) is 3.93. The molecule has 0 spiro atoms. The van der Waals surface area contributed by atoms with E-state index >= 15 is 0 Å². The van der Waals surface area contributed by atoms with Gasteiger partial charge in [0.05, 0.1) is 23.1 Å². The van der Waals surface area contributed by atoms with Gasteiger partial charge in [-0.05, 0) is 35.9 Å². The maximum absolute atomic E-state index is 12.5. The van der Waals surface area contributed by atoms with Crippen LogP contribution in [0.2, 0.25) is 0 Å². The van der Waals surface area contributed by atoms with Gasteiger partial charge in [-0.15, -0.1) is 0 Å². The molecule has 28 heavy (non-hydrogen) atoms. The molecule has 2 aromatic carbocycles. The number of methoxy groups -OCH3 is 1. The van der Waals surface area contributed by atoms with Crippen LogP contribution in [0.1, 0.15) is 26.3 Å². The molecule has 2 N–H and O–H groups in total. The molecule has 0 aliphatic carbocycles. The van der Waals surface area contributed by atoms with Crippen molar-refractivity contribution in [3.8, 4) is 11.5 Å². The molecule has 0 saturated heterocycles. The Balaban J connectivity index is 1.78. The van der Waals surface area contributed by atoms with E-state index in [4.69, 9.17) is 4.74 Å². The number of amides is 2. The Kier molecular flexibility index (Phi) is 5.29. The van der Waals surface area contributed by atoms with Crippen molar-refractivity contribution in [2.75, 3.05) is 7.11 Å². The Hall–Kier alpha value is -3.05. The van der Waals surface area contributed by atoms with Crippen LogP contribution in [-0.2, 0) is 16.6 Å². The van der Waals surface area contributed by atoms with Gasteiger partial charge in [0.15, 0.2) is 11.5 Å². The molecule has 0 atom stereocenters. The number of fused-ring (bicyclic) bond motifs is 1. The summed E-state index contributed by atoms with van der Waals surface area (Å²) in [5, 5.41) is 2.08. The van der Waals surface area contributed by atoms with Crippen molar-refractivity contribution in [3.63, 3.8) is 0 Å². The van der Waals surface area contributed by atoms with E-state index < -0.39 is 28.4 Å². The lowest BCUT2D eigenvalue weighted by Gasteiger charge is -2.12. The predicted octanol–water partition coefficient (Wildman–Crippen LogP) is 1.66. The van der Waals surface area contributed by atoms with Crippen molar-refractivity contribution in [2.45, 2.75) is 18.1 Å². The SMILES string of the molecule is COc1cc(CNS(=O)(=O)c2ccc3c(c2)C(=O)NC3=O)ccc1OC(F)F. The minimum atomic E-state index is -4.00. The van der Waals surface area contributed by atoms with Crippen molar-refractivity contribution < 1.29 is 36.3 Å². The van der Waals surface area contributed by atoms with Gasteiger partial charge in [-0.3, -0.25) is 14.9 Å². The molecule has 0 bridgehead atoms. The number of sulfonamides is 1. The lowest BCUT2D eigenvalue weighted by Crippen LogP contribution is -2.23. The topological polar surface area (TPSA) is 111 Å². The van der Waals surface area contributed by atoms with Crippen LogP contribution in [0.3, 0.4) is 0 Å². The maximum Gasteiger partial charge on any atom is 0.387 e. The van der Waals surface area contributed by atoms with E-state index in [1.54, 1.807) is 0 Å². The minimum absolute atomic E-state index is 0.0183. The summed E-state index contributed by atoms with van der Waals surface area (Å²) in [5.74, 6) is -1.42. The number of halogens is 2. The second-order valence-electron chi connectivity index (χ2n) is 5.68. The number of rotatable bonds is 7. The summed E-state index contributed by atoms with van der Waals surface area (Å²) in [5.41, 5.74) is 0.502. The van der Waals surface area contributed by atoms with Crippen molar-refractivity contribution >= 4 is 21.8 Å². The molecule has 0 saturated carbocycles. The first-order valence-corrected chi connectivity index (χ1v) is 9.30.